The Morgan fingerprint density at radius 2 is 1.49 bits per heavy atom. The highest BCUT2D eigenvalue weighted by molar-refractivity contribution is 9.10. The van der Waals surface area contributed by atoms with Crippen LogP contribution in [0.1, 0.15) is 39.5 Å². The molecule has 0 unspecified atom stereocenters. The van der Waals surface area contributed by atoms with E-state index in [9.17, 15) is 9.59 Å². The van der Waals surface area contributed by atoms with E-state index in [1.54, 1.807) is 30.5 Å². The van der Waals surface area contributed by atoms with Crippen molar-refractivity contribution in [3.05, 3.63) is 136 Å². The molecule has 4 aromatic rings. The van der Waals surface area contributed by atoms with Crippen LogP contribution in [0.4, 0.5) is 0 Å². The van der Waals surface area contributed by atoms with Crippen molar-refractivity contribution in [2.75, 3.05) is 0 Å². The summed E-state index contributed by atoms with van der Waals surface area (Å²) in [6.07, 6.45) is 1.61. The minimum absolute atomic E-state index is 0.0444. The van der Waals surface area contributed by atoms with Gasteiger partial charge in [0.25, 0.3) is 5.91 Å². The molecule has 2 amide bonds. The molecule has 4 rings (SSSR count). The lowest BCUT2D eigenvalue weighted by atomic mass is 10.0. The minimum Gasteiger partial charge on any atom is -0.489 e. The first-order chi connectivity index (χ1) is 18.1. The zero-order chi connectivity index (χ0) is 25.9. The van der Waals surface area contributed by atoms with Crippen LogP contribution in [0.3, 0.4) is 0 Å². The molecule has 2 N–H and O–H groups in total. The van der Waals surface area contributed by atoms with Crippen LogP contribution >= 0.6 is 15.9 Å². The number of hydrazone groups is 1. The molecule has 0 spiro atoms. The van der Waals surface area contributed by atoms with Crippen molar-refractivity contribution < 1.29 is 14.3 Å². The van der Waals surface area contributed by atoms with Crippen molar-refractivity contribution in [3.8, 4) is 5.75 Å². The number of nitrogens with one attached hydrogen (secondary N) is 2. The van der Waals surface area contributed by atoms with Gasteiger partial charge in [0.1, 0.15) is 12.4 Å². The average Bonchev–Trinajstić information content (AvgIpc) is 2.94. The van der Waals surface area contributed by atoms with Crippen LogP contribution in [0.2, 0.25) is 0 Å². The molecular formula is C30H26BrN3O3. The van der Waals surface area contributed by atoms with Gasteiger partial charge in [0.15, 0.2) is 0 Å². The Hall–Kier alpha value is -4.23. The molecule has 0 aliphatic heterocycles. The molecule has 6 nitrogen and oxygen atoms in total. The third-order valence-corrected chi connectivity index (χ3v) is 6.06. The third-order valence-electron chi connectivity index (χ3n) is 5.53. The number of carbonyl (C=O) groups is 2. The van der Waals surface area contributed by atoms with E-state index in [-0.39, 0.29) is 18.2 Å². The zero-order valence-electron chi connectivity index (χ0n) is 20.0. The fraction of sp³-hybridized carbons (Fsp3) is 0.100. The predicted molar refractivity (Wildman–Crippen MR) is 148 cm³/mol. The Balaban J connectivity index is 1.30. The van der Waals surface area contributed by atoms with Crippen LogP contribution in [-0.4, -0.2) is 18.0 Å². The number of rotatable bonds is 10. The largest absolute Gasteiger partial charge is 0.489 e. The number of amides is 2. The molecule has 4 aromatic carbocycles. The van der Waals surface area contributed by atoms with E-state index in [0.29, 0.717) is 12.2 Å². The molecule has 0 heterocycles. The maximum Gasteiger partial charge on any atom is 0.251 e. The van der Waals surface area contributed by atoms with Crippen LogP contribution in [0.25, 0.3) is 0 Å². The van der Waals surface area contributed by atoms with Crippen molar-refractivity contribution in [1.29, 1.82) is 0 Å². The fourth-order valence-corrected chi connectivity index (χ4v) is 3.84. The Morgan fingerprint density at radius 1 is 0.838 bits per heavy atom. The number of hydrogen-bond acceptors (Lipinski definition) is 4. The summed E-state index contributed by atoms with van der Waals surface area (Å²) in [6, 6.07) is 33.2. The molecule has 0 fully saturated rings. The van der Waals surface area contributed by atoms with Crippen LogP contribution in [-0.2, 0) is 11.4 Å². The van der Waals surface area contributed by atoms with Crippen molar-refractivity contribution in [3.63, 3.8) is 0 Å². The molecule has 0 radical (unpaired) electrons. The highest BCUT2D eigenvalue weighted by Crippen LogP contribution is 2.18. The second-order valence-corrected chi connectivity index (χ2v) is 9.20. The second-order valence-electron chi connectivity index (χ2n) is 8.28. The van der Waals surface area contributed by atoms with Gasteiger partial charge in [-0.2, -0.15) is 5.10 Å². The summed E-state index contributed by atoms with van der Waals surface area (Å²) in [5.74, 6) is 0.185. The molecule has 0 saturated heterocycles. The monoisotopic (exact) mass is 555 g/mol. The van der Waals surface area contributed by atoms with Crippen LogP contribution < -0.4 is 15.5 Å². The van der Waals surface area contributed by atoms with Crippen molar-refractivity contribution >= 4 is 34.0 Å². The molecular weight excluding hydrogens is 530 g/mol. The second kappa shape index (κ2) is 13.2. The van der Waals surface area contributed by atoms with Gasteiger partial charge in [0.2, 0.25) is 5.91 Å². The number of halogens is 1. The summed E-state index contributed by atoms with van der Waals surface area (Å²) in [4.78, 5) is 25.3. The smallest absolute Gasteiger partial charge is 0.251 e. The zero-order valence-corrected chi connectivity index (χ0v) is 21.6. The van der Waals surface area contributed by atoms with E-state index < -0.39 is 6.04 Å². The number of carbonyl (C=O) groups excluding carboxylic acids is 2. The maximum atomic E-state index is 12.7. The summed E-state index contributed by atoms with van der Waals surface area (Å²) < 4.78 is 6.84. The minimum atomic E-state index is -0.494. The third kappa shape index (κ3) is 8.15. The first kappa shape index (κ1) is 25.9. The molecule has 186 valence electrons. The van der Waals surface area contributed by atoms with Crippen molar-refractivity contribution in [1.82, 2.24) is 10.7 Å². The maximum absolute atomic E-state index is 12.7. The van der Waals surface area contributed by atoms with E-state index in [1.165, 1.54) is 0 Å². The molecule has 0 aliphatic rings. The van der Waals surface area contributed by atoms with Crippen molar-refractivity contribution in [2.45, 2.75) is 19.1 Å². The summed E-state index contributed by atoms with van der Waals surface area (Å²) in [5, 5.41) is 7.03. The summed E-state index contributed by atoms with van der Waals surface area (Å²) in [7, 11) is 0. The Kier molecular flexibility index (Phi) is 9.21. The van der Waals surface area contributed by atoms with Gasteiger partial charge in [-0.25, -0.2) is 5.43 Å². The molecule has 37 heavy (non-hydrogen) atoms. The lowest BCUT2D eigenvalue weighted by Gasteiger charge is -2.18. The van der Waals surface area contributed by atoms with Crippen LogP contribution in [0.5, 0.6) is 5.75 Å². The highest BCUT2D eigenvalue weighted by Gasteiger charge is 2.19. The lowest BCUT2D eigenvalue weighted by molar-refractivity contribution is -0.121. The summed E-state index contributed by atoms with van der Waals surface area (Å²) in [6.45, 7) is 0.472. The highest BCUT2D eigenvalue weighted by atomic mass is 79.9. The quantitative estimate of drug-likeness (QED) is 0.185. The number of hydrogen-bond donors (Lipinski definition) is 2. The molecule has 1 atom stereocenters. The molecule has 0 bridgehead atoms. The SMILES string of the molecule is O=C(C[C@@H](NC(=O)c1ccccc1)c1ccccc1)N/N=C\c1ccc(OCc2ccc(Br)cc2)cc1. The molecule has 0 saturated carbocycles. The van der Waals surface area contributed by atoms with Gasteiger partial charge in [0.05, 0.1) is 18.7 Å². The molecule has 0 aromatic heterocycles. The molecule has 7 heteroatoms. The number of benzene rings is 4. The number of nitrogens with zero attached hydrogens (tertiary/aromatic N) is 1. The van der Waals surface area contributed by atoms with Gasteiger partial charge < -0.3 is 10.1 Å². The Labute approximate surface area is 224 Å². The number of ether oxygens (including phenoxy) is 1. The van der Waals surface area contributed by atoms with Gasteiger partial charge >= 0.3 is 0 Å². The standard InChI is InChI=1S/C30H26BrN3O3/c31-26-15-11-23(12-16-26)21-37-27-17-13-22(14-18-27)20-32-34-29(35)19-28(24-7-3-1-4-8-24)33-30(36)25-9-5-2-6-10-25/h1-18,20,28H,19,21H2,(H,33,36)(H,34,35)/b32-20-/t28-/m1/s1. The lowest BCUT2D eigenvalue weighted by Crippen LogP contribution is -2.32. The normalized spacial score (nSPS) is 11.6. The van der Waals surface area contributed by atoms with Gasteiger partial charge in [-0.3, -0.25) is 9.59 Å². The van der Waals surface area contributed by atoms with Gasteiger partial charge in [-0.1, -0.05) is 76.6 Å². The van der Waals surface area contributed by atoms with E-state index in [2.05, 4.69) is 31.8 Å². The van der Waals surface area contributed by atoms with Crippen LogP contribution in [0, 0.1) is 0 Å². The topological polar surface area (TPSA) is 79.8 Å². The van der Waals surface area contributed by atoms with E-state index in [4.69, 9.17) is 4.74 Å². The van der Waals surface area contributed by atoms with E-state index in [0.717, 1.165) is 26.9 Å². The first-order valence-electron chi connectivity index (χ1n) is 11.8. The van der Waals surface area contributed by atoms with Gasteiger partial charge in [0, 0.05) is 10.0 Å². The summed E-state index contributed by atoms with van der Waals surface area (Å²) in [5.41, 5.74) is 5.81. The van der Waals surface area contributed by atoms with E-state index >= 15 is 0 Å². The van der Waals surface area contributed by atoms with Crippen molar-refractivity contribution in [2.24, 2.45) is 5.10 Å². The van der Waals surface area contributed by atoms with E-state index in [1.807, 2.05) is 84.9 Å². The fourth-order valence-electron chi connectivity index (χ4n) is 3.58. The Bertz CT molecular complexity index is 1330. The Morgan fingerprint density at radius 3 is 2.16 bits per heavy atom. The van der Waals surface area contributed by atoms with Gasteiger partial charge in [-0.05, 0) is 65.2 Å². The average molecular weight is 556 g/mol. The van der Waals surface area contributed by atoms with Crippen LogP contribution in [0.15, 0.2) is 119 Å². The predicted octanol–water partition coefficient (Wildman–Crippen LogP) is 6.04. The molecule has 0 aliphatic carbocycles. The first-order valence-corrected chi connectivity index (χ1v) is 12.6. The van der Waals surface area contributed by atoms with Gasteiger partial charge in [-0.15, -0.1) is 0 Å². The summed E-state index contributed by atoms with van der Waals surface area (Å²) >= 11 is 3.42.